The summed E-state index contributed by atoms with van der Waals surface area (Å²) in [4.78, 5) is 15.9. The summed E-state index contributed by atoms with van der Waals surface area (Å²) in [6, 6.07) is 1.75. The van der Waals surface area contributed by atoms with Gasteiger partial charge in [0.15, 0.2) is 11.0 Å². The van der Waals surface area contributed by atoms with Crippen molar-refractivity contribution in [2.75, 3.05) is 0 Å². The molecule has 4 nitrogen and oxygen atoms in total. The molecule has 0 bridgehead atoms. The Kier molecular flexibility index (Phi) is 4.43. The van der Waals surface area contributed by atoms with Gasteiger partial charge in [0.25, 0.3) is 0 Å². The van der Waals surface area contributed by atoms with Crippen LogP contribution in [0, 0.1) is 5.82 Å². The van der Waals surface area contributed by atoms with E-state index < -0.39 is 11.2 Å². The fraction of sp³-hybridized carbons (Fsp3) is 0.273. The van der Waals surface area contributed by atoms with Crippen LogP contribution < -0.4 is 0 Å². The molecule has 0 saturated heterocycles. The summed E-state index contributed by atoms with van der Waals surface area (Å²) in [7, 11) is 0. The molecule has 94 valence electrons. The predicted octanol–water partition coefficient (Wildman–Crippen LogP) is 2.87. The average molecular weight is 285 g/mol. The van der Waals surface area contributed by atoms with Crippen LogP contribution in [0.25, 0.3) is 0 Å². The molecular formula is C11H10ClFN4S. The van der Waals surface area contributed by atoms with E-state index in [0.29, 0.717) is 11.0 Å². The second-order valence-corrected chi connectivity index (χ2v) is 5.33. The molecule has 18 heavy (non-hydrogen) atoms. The third-order valence-electron chi connectivity index (χ3n) is 2.13. The number of aromatic nitrogens is 4. The first kappa shape index (κ1) is 13.2. The summed E-state index contributed by atoms with van der Waals surface area (Å²) in [5.41, 5.74) is 0. The molecule has 0 aliphatic heterocycles. The summed E-state index contributed by atoms with van der Waals surface area (Å²) in [6.45, 7) is 1.92. The van der Waals surface area contributed by atoms with Crippen molar-refractivity contribution in [3.63, 3.8) is 0 Å². The lowest BCUT2D eigenvalue weighted by molar-refractivity contribution is 0.606. The highest BCUT2D eigenvalue weighted by Gasteiger charge is 2.21. The van der Waals surface area contributed by atoms with Crippen molar-refractivity contribution in [1.29, 1.82) is 0 Å². The van der Waals surface area contributed by atoms with Gasteiger partial charge in [0.2, 0.25) is 0 Å². The van der Waals surface area contributed by atoms with Gasteiger partial charge in [0, 0.05) is 17.6 Å². The van der Waals surface area contributed by atoms with Crippen LogP contribution in [0.1, 0.15) is 18.1 Å². The van der Waals surface area contributed by atoms with Gasteiger partial charge in [0.1, 0.15) is 11.2 Å². The fourth-order valence-electron chi connectivity index (χ4n) is 1.25. The van der Waals surface area contributed by atoms with Gasteiger partial charge < -0.3 is 0 Å². The Morgan fingerprint density at radius 1 is 1.17 bits per heavy atom. The SMILES string of the molecule is CC(Sc1ncccn1)C(Cl)c1ncc(F)cn1. The van der Waals surface area contributed by atoms with Crippen LogP contribution in [0.5, 0.6) is 0 Å². The summed E-state index contributed by atoms with van der Waals surface area (Å²) in [5, 5.41) is 0.177. The van der Waals surface area contributed by atoms with Gasteiger partial charge in [-0.15, -0.1) is 11.6 Å². The quantitative estimate of drug-likeness (QED) is 0.491. The van der Waals surface area contributed by atoms with E-state index in [2.05, 4.69) is 19.9 Å². The molecule has 2 unspecified atom stereocenters. The summed E-state index contributed by atoms with van der Waals surface area (Å²) in [6.07, 6.45) is 5.54. The number of hydrogen-bond acceptors (Lipinski definition) is 5. The van der Waals surface area contributed by atoms with E-state index in [9.17, 15) is 4.39 Å². The first-order valence-corrected chi connectivity index (χ1v) is 6.53. The molecule has 0 amide bonds. The van der Waals surface area contributed by atoms with E-state index in [4.69, 9.17) is 11.6 Å². The molecule has 0 spiro atoms. The number of rotatable bonds is 4. The van der Waals surface area contributed by atoms with Crippen LogP contribution in [0.15, 0.2) is 36.0 Å². The lowest BCUT2D eigenvalue weighted by Crippen LogP contribution is -2.10. The van der Waals surface area contributed by atoms with Crippen molar-refractivity contribution in [3.8, 4) is 0 Å². The first-order chi connectivity index (χ1) is 8.66. The third-order valence-corrected chi connectivity index (χ3v) is 3.92. The molecule has 2 aromatic heterocycles. The van der Waals surface area contributed by atoms with E-state index in [1.54, 1.807) is 18.5 Å². The third kappa shape index (κ3) is 3.36. The van der Waals surface area contributed by atoms with Gasteiger partial charge in [-0.25, -0.2) is 24.3 Å². The van der Waals surface area contributed by atoms with Crippen molar-refractivity contribution in [1.82, 2.24) is 19.9 Å². The Labute approximate surface area is 113 Å². The smallest absolute Gasteiger partial charge is 0.187 e. The zero-order valence-electron chi connectivity index (χ0n) is 9.49. The Bertz CT molecular complexity index is 496. The minimum Gasteiger partial charge on any atom is -0.237 e. The number of nitrogens with zero attached hydrogens (tertiary/aromatic N) is 4. The molecular weight excluding hydrogens is 275 g/mol. The van der Waals surface area contributed by atoms with Gasteiger partial charge in [-0.1, -0.05) is 18.7 Å². The van der Waals surface area contributed by atoms with Gasteiger partial charge >= 0.3 is 0 Å². The van der Waals surface area contributed by atoms with Crippen LogP contribution in [0.3, 0.4) is 0 Å². The number of hydrogen-bond donors (Lipinski definition) is 0. The van der Waals surface area contributed by atoms with Crippen molar-refractivity contribution in [2.45, 2.75) is 22.7 Å². The Hall–Kier alpha value is -1.27. The molecule has 0 fully saturated rings. The van der Waals surface area contributed by atoms with Crippen LogP contribution >= 0.6 is 23.4 Å². The van der Waals surface area contributed by atoms with Crippen LogP contribution in [0.4, 0.5) is 4.39 Å². The highest BCUT2D eigenvalue weighted by atomic mass is 35.5. The zero-order chi connectivity index (χ0) is 13.0. The molecule has 7 heteroatoms. The first-order valence-electron chi connectivity index (χ1n) is 5.22. The van der Waals surface area contributed by atoms with Crippen LogP contribution in [-0.4, -0.2) is 25.2 Å². The molecule has 2 atom stereocenters. The van der Waals surface area contributed by atoms with Crippen molar-refractivity contribution in [2.24, 2.45) is 0 Å². The number of alkyl halides is 1. The number of thioether (sulfide) groups is 1. The van der Waals surface area contributed by atoms with Crippen LogP contribution in [-0.2, 0) is 0 Å². The predicted molar refractivity (Wildman–Crippen MR) is 67.9 cm³/mol. The Balaban J connectivity index is 2.05. The van der Waals surface area contributed by atoms with Crippen LogP contribution in [0.2, 0.25) is 0 Å². The molecule has 0 aliphatic carbocycles. The maximum atomic E-state index is 12.7. The monoisotopic (exact) mass is 284 g/mol. The second kappa shape index (κ2) is 6.06. The second-order valence-electron chi connectivity index (χ2n) is 3.52. The number of halogens is 2. The van der Waals surface area contributed by atoms with E-state index in [0.717, 1.165) is 12.4 Å². The minimum absolute atomic E-state index is 0.0282. The van der Waals surface area contributed by atoms with Gasteiger partial charge in [-0.05, 0) is 6.07 Å². The van der Waals surface area contributed by atoms with Crippen molar-refractivity contribution < 1.29 is 4.39 Å². The summed E-state index contributed by atoms with van der Waals surface area (Å²) < 4.78 is 12.7. The molecule has 0 radical (unpaired) electrons. The molecule has 0 aromatic carbocycles. The van der Waals surface area contributed by atoms with E-state index >= 15 is 0 Å². The maximum Gasteiger partial charge on any atom is 0.187 e. The van der Waals surface area contributed by atoms with Crippen molar-refractivity contribution >= 4 is 23.4 Å². The van der Waals surface area contributed by atoms with Crippen molar-refractivity contribution in [3.05, 3.63) is 42.5 Å². The molecule has 0 aliphatic rings. The van der Waals surface area contributed by atoms with Gasteiger partial charge in [-0.2, -0.15) is 0 Å². The lowest BCUT2D eigenvalue weighted by Gasteiger charge is -2.14. The topological polar surface area (TPSA) is 51.6 Å². The largest absolute Gasteiger partial charge is 0.237 e. The normalized spacial score (nSPS) is 14.2. The standard InChI is InChI=1S/C11H10ClFN4S/c1-7(18-11-14-3-2-4-15-11)9(12)10-16-5-8(13)6-17-10/h2-7,9H,1H3. The van der Waals surface area contributed by atoms with Gasteiger partial charge in [-0.3, -0.25) is 0 Å². The summed E-state index contributed by atoms with van der Waals surface area (Å²) >= 11 is 7.66. The Morgan fingerprint density at radius 2 is 1.78 bits per heavy atom. The lowest BCUT2D eigenvalue weighted by atomic mass is 10.3. The fourth-order valence-corrected chi connectivity index (χ4v) is 2.33. The molecule has 0 N–H and O–H groups in total. The Morgan fingerprint density at radius 3 is 2.39 bits per heavy atom. The highest BCUT2D eigenvalue weighted by molar-refractivity contribution is 7.99. The van der Waals surface area contributed by atoms with E-state index in [1.807, 2.05) is 6.92 Å². The van der Waals surface area contributed by atoms with E-state index in [1.165, 1.54) is 11.8 Å². The molecule has 0 saturated carbocycles. The van der Waals surface area contributed by atoms with E-state index in [-0.39, 0.29) is 5.25 Å². The molecule has 2 aromatic rings. The van der Waals surface area contributed by atoms with Gasteiger partial charge in [0.05, 0.1) is 12.4 Å². The molecule has 2 heterocycles. The average Bonchev–Trinajstić information content (AvgIpc) is 2.40. The minimum atomic E-state index is -0.477. The zero-order valence-corrected chi connectivity index (χ0v) is 11.1. The highest BCUT2D eigenvalue weighted by Crippen LogP contribution is 2.32. The molecule has 2 rings (SSSR count). The maximum absolute atomic E-state index is 12.7. The summed E-state index contributed by atoms with van der Waals surface area (Å²) in [5.74, 6) is -0.0803.